The maximum atomic E-state index is 12.4. The molecule has 0 saturated carbocycles. The molecule has 1 aliphatic rings. The van der Waals surface area contributed by atoms with Gasteiger partial charge in [-0.1, -0.05) is 41.4 Å². The highest BCUT2D eigenvalue weighted by Crippen LogP contribution is 2.23. The molecule has 0 N–H and O–H groups in total. The van der Waals surface area contributed by atoms with E-state index < -0.39 is 16.1 Å². The SMILES string of the molecule is Cc1ccc(C2=N/C(=C/c3ccc(OS(=O)(=O)c4ccc(Cl)cc4)cc3)C(=O)O2)cc1. The van der Waals surface area contributed by atoms with Crippen molar-refractivity contribution in [2.24, 2.45) is 4.99 Å². The highest BCUT2D eigenvalue weighted by atomic mass is 35.5. The van der Waals surface area contributed by atoms with E-state index in [1.807, 2.05) is 31.2 Å². The molecule has 0 fully saturated rings. The van der Waals surface area contributed by atoms with Gasteiger partial charge < -0.3 is 8.92 Å². The van der Waals surface area contributed by atoms with E-state index in [9.17, 15) is 13.2 Å². The van der Waals surface area contributed by atoms with Gasteiger partial charge in [0.1, 0.15) is 10.6 Å². The lowest BCUT2D eigenvalue weighted by molar-refractivity contribution is -0.129. The number of rotatable bonds is 5. The van der Waals surface area contributed by atoms with Crippen molar-refractivity contribution in [2.75, 3.05) is 0 Å². The molecular formula is C23H16ClNO5S. The van der Waals surface area contributed by atoms with Crippen LogP contribution in [0.2, 0.25) is 5.02 Å². The summed E-state index contributed by atoms with van der Waals surface area (Å²) < 4.78 is 35.1. The van der Waals surface area contributed by atoms with E-state index in [2.05, 4.69) is 4.99 Å². The summed E-state index contributed by atoms with van der Waals surface area (Å²) in [5.74, 6) is -0.179. The van der Waals surface area contributed by atoms with Gasteiger partial charge in [0, 0.05) is 10.6 Å². The minimum Gasteiger partial charge on any atom is -0.402 e. The predicted molar refractivity (Wildman–Crippen MR) is 117 cm³/mol. The number of halogens is 1. The van der Waals surface area contributed by atoms with Crippen molar-refractivity contribution < 1.29 is 22.1 Å². The summed E-state index contributed by atoms with van der Waals surface area (Å²) >= 11 is 5.79. The standard InChI is InChI=1S/C23H16ClNO5S/c1-15-2-6-17(7-3-15)22-25-21(23(26)29-22)14-16-4-10-19(11-5-16)30-31(27,28)20-12-8-18(24)9-13-20/h2-14H,1H3/b21-14+. The van der Waals surface area contributed by atoms with Gasteiger partial charge in [0.25, 0.3) is 0 Å². The number of cyclic esters (lactones) is 1. The number of carbonyl (C=O) groups is 1. The summed E-state index contributed by atoms with van der Waals surface area (Å²) in [4.78, 5) is 16.4. The smallest absolute Gasteiger partial charge is 0.363 e. The lowest BCUT2D eigenvalue weighted by atomic mass is 10.1. The number of benzene rings is 3. The molecule has 156 valence electrons. The van der Waals surface area contributed by atoms with Crippen molar-refractivity contribution in [1.29, 1.82) is 0 Å². The Morgan fingerprint density at radius 3 is 2.23 bits per heavy atom. The van der Waals surface area contributed by atoms with Crippen LogP contribution in [0, 0.1) is 6.92 Å². The second-order valence-corrected chi connectivity index (χ2v) is 8.75. The highest BCUT2D eigenvalue weighted by Gasteiger charge is 2.24. The van der Waals surface area contributed by atoms with Crippen LogP contribution in [0.25, 0.3) is 6.08 Å². The number of ether oxygens (including phenoxy) is 1. The molecule has 0 bridgehead atoms. The Balaban J connectivity index is 1.51. The minimum absolute atomic E-state index is 0.00484. The van der Waals surface area contributed by atoms with Gasteiger partial charge in [-0.25, -0.2) is 9.79 Å². The third-order valence-corrected chi connectivity index (χ3v) is 5.92. The first-order valence-electron chi connectivity index (χ1n) is 9.20. The van der Waals surface area contributed by atoms with Crippen molar-refractivity contribution in [1.82, 2.24) is 0 Å². The lowest BCUT2D eigenvalue weighted by Gasteiger charge is -2.07. The Bertz CT molecular complexity index is 1290. The van der Waals surface area contributed by atoms with Gasteiger partial charge >= 0.3 is 16.1 Å². The van der Waals surface area contributed by atoms with Gasteiger partial charge in [0.2, 0.25) is 5.90 Å². The molecule has 0 aromatic heterocycles. The van der Waals surface area contributed by atoms with Crippen LogP contribution in [0.1, 0.15) is 16.7 Å². The molecule has 0 spiro atoms. The zero-order chi connectivity index (χ0) is 22.0. The van der Waals surface area contributed by atoms with E-state index in [1.165, 1.54) is 36.4 Å². The van der Waals surface area contributed by atoms with Crippen LogP contribution in [-0.4, -0.2) is 20.3 Å². The van der Waals surface area contributed by atoms with Crippen LogP contribution < -0.4 is 4.18 Å². The van der Waals surface area contributed by atoms with Crippen molar-refractivity contribution in [2.45, 2.75) is 11.8 Å². The molecule has 0 radical (unpaired) electrons. The van der Waals surface area contributed by atoms with Crippen molar-refractivity contribution in [3.63, 3.8) is 0 Å². The van der Waals surface area contributed by atoms with Crippen LogP contribution >= 0.6 is 11.6 Å². The maximum absolute atomic E-state index is 12.4. The van der Waals surface area contributed by atoms with E-state index in [0.29, 0.717) is 16.1 Å². The zero-order valence-electron chi connectivity index (χ0n) is 16.3. The Labute approximate surface area is 184 Å². The number of carbonyl (C=O) groups excluding carboxylic acids is 1. The molecule has 3 aromatic carbocycles. The average molecular weight is 454 g/mol. The van der Waals surface area contributed by atoms with Crippen molar-refractivity contribution in [3.8, 4) is 5.75 Å². The maximum Gasteiger partial charge on any atom is 0.363 e. The third-order valence-electron chi connectivity index (χ3n) is 4.41. The van der Waals surface area contributed by atoms with Crippen LogP contribution in [0.3, 0.4) is 0 Å². The Morgan fingerprint density at radius 2 is 1.58 bits per heavy atom. The average Bonchev–Trinajstić information content (AvgIpc) is 3.10. The molecule has 3 aromatic rings. The summed E-state index contributed by atoms with van der Waals surface area (Å²) in [6.07, 6.45) is 1.56. The molecular weight excluding hydrogens is 438 g/mol. The van der Waals surface area contributed by atoms with Crippen LogP contribution in [-0.2, 0) is 19.6 Å². The summed E-state index contributed by atoms with van der Waals surface area (Å²) in [6.45, 7) is 1.96. The molecule has 0 amide bonds. The minimum atomic E-state index is -3.99. The number of esters is 1. The molecule has 1 aliphatic heterocycles. The summed E-state index contributed by atoms with van der Waals surface area (Å²) in [6, 6.07) is 19.4. The van der Waals surface area contributed by atoms with E-state index in [1.54, 1.807) is 18.2 Å². The molecule has 0 saturated heterocycles. The van der Waals surface area contributed by atoms with Gasteiger partial charge in [-0.05, 0) is 67.1 Å². The van der Waals surface area contributed by atoms with Crippen molar-refractivity contribution in [3.05, 3.63) is 100 Å². The fraction of sp³-hybridized carbons (Fsp3) is 0.0435. The van der Waals surface area contributed by atoms with Gasteiger partial charge in [0.15, 0.2) is 5.70 Å². The molecule has 1 heterocycles. The monoisotopic (exact) mass is 453 g/mol. The molecule has 4 rings (SSSR count). The molecule has 0 aliphatic carbocycles. The molecule has 31 heavy (non-hydrogen) atoms. The molecule has 8 heteroatoms. The number of hydrogen-bond donors (Lipinski definition) is 0. The summed E-state index contributed by atoms with van der Waals surface area (Å²) in [7, 11) is -3.99. The van der Waals surface area contributed by atoms with E-state index in [0.717, 1.165) is 5.56 Å². The zero-order valence-corrected chi connectivity index (χ0v) is 17.9. The van der Waals surface area contributed by atoms with E-state index >= 15 is 0 Å². The first kappa shape index (κ1) is 20.8. The van der Waals surface area contributed by atoms with Crippen LogP contribution in [0.5, 0.6) is 5.75 Å². The van der Waals surface area contributed by atoms with Crippen LogP contribution in [0.4, 0.5) is 0 Å². The molecule has 0 unspecified atom stereocenters. The Kier molecular flexibility index (Phi) is 5.63. The first-order chi connectivity index (χ1) is 14.8. The topological polar surface area (TPSA) is 82.0 Å². The second kappa shape index (κ2) is 8.37. The van der Waals surface area contributed by atoms with Gasteiger partial charge in [0.05, 0.1) is 0 Å². The van der Waals surface area contributed by atoms with Gasteiger partial charge in [-0.3, -0.25) is 0 Å². The van der Waals surface area contributed by atoms with Gasteiger partial charge in [-0.15, -0.1) is 0 Å². The van der Waals surface area contributed by atoms with E-state index in [-0.39, 0.29) is 22.2 Å². The fourth-order valence-electron chi connectivity index (χ4n) is 2.78. The summed E-state index contributed by atoms with van der Waals surface area (Å²) in [5, 5.41) is 0.426. The normalized spacial score (nSPS) is 15.0. The quantitative estimate of drug-likeness (QED) is 0.316. The van der Waals surface area contributed by atoms with Crippen molar-refractivity contribution >= 4 is 39.7 Å². The largest absolute Gasteiger partial charge is 0.402 e. The number of hydrogen-bond acceptors (Lipinski definition) is 6. The first-order valence-corrected chi connectivity index (χ1v) is 11.0. The number of aliphatic imine (C=N–C) groups is 1. The summed E-state index contributed by atoms with van der Waals surface area (Å²) in [5.41, 5.74) is 2.58. The third kappa shape index (κ3) is 4.84. The Morgan fingerprint density at radius 1 is 0.935 bits per heavy atom. The van der Waals surface area contributed by atoms with Crippen LogP contribution in [0.15, 0.2) is 88.4 Å². The number of aryl methyl sites for hydroxylation is 1. The van der Waals surface area contributed by atoms with E-state index in [4.69, 9.17) is 20.5 Å². The number of nitrogens with zero attached hydrogens (tertiary/aromatic N) is 1. The van der Waals surface area contributed by atoms with Gasteiger partial charge in [-0.2, -0.15) is 8.42 Å². The predicted octanol–water partition coefficient (Wildman–Crippen LogP) is 4.76. The lowest BCUT2D eigenvalue weighted by Crippen LogP contribution is -2.09. The molecule has 6 nitrogen and oxygen atoms in total. The molecule has 0 atom stereocenters. The second-order valence-electron chi connectivity index (χ2n) is 6.76. The fourth-order valence-corrected chi connectivity index (χ4v) is 3.84. The Hall–Kier alpha value is -3.42. The highest BCUT2D eigenvalue weighted by molar-refractivity contribution is 7.87.